The average molecular weight is 194 g/mol. The molecule has 0 radical (unpaired) electrons. The highest BCUT2D eigenvalue weighted by molar-refractivity contribution is 5.18. The monoisotopic (exact) mass is 194 g/mol. The van der Waals surface area contributed by atoms with Crippen molar-refractivity contribution in [1.82, 2.24) is 10.2 Å². The first kappa shape index (κ1) is 11.0. The van der Waals surface area contributed by atoms with Crippen LogP contribution >= 0.6 is 0 Å². The molecule has 1 aromatic rings. The Morgan fingerprint density at radius 3 is 2.00 bits per heavy atom. The Hall–Kier alpha value is -1.06. The number of likely N-dealkylation sites (N-methyl/N-ethyl adjacent to an activating group) is 1. The predicted molar refractivity (Wildman–Crippen MR) is 58.5 cm³/mol. The number of nitrogens with one attached hydrogen (secondary N) is 1. The number of phenolic OH excluding ortho intramolecular Hbond substituents is 1. The summed E-state index contributed by atoms with van der Waals surface area (Å²) in [4.78, 5) is 2.33. The van der Waals surface area contributed by atoms with Gasteiger partial charge in [0, 0.05) is 26.2 Å². The maximum Gasteiger partial charge on any atom is 0.115 e. The van der Waals surface area contributed by atoms with Crippen molar-refractivity contribution in [2.45, 2.75) is 0 Å². The summed E-state index contributed by atoms with van der Waals surface area (Å²) in [5.41, 5.74) is 0. The van der Waals surface area contributed by atoms with Gasteiger partial charge in [0.25, 0.3) is 0 Å². The molecule has 1 saturated heterocycles. The number of aromatic hydroxyl groups is 1. The second kappa shape index (κ2) is 6.40. The number of benzene rings is 1. The molecule has 0 spiro atoms. The van der Waals surface area contributed by atoms with Crippen LogP contribution in [0.15, 0.2) is 30.3 Å². The topological polar surface area (TPSA) is 35.5 Å². The first-order valence-electron chi connectivity index (χ1n) is 4.92. The first-order valence-corrected chi connectivity index (χ1v) is 4.92. The molecule has 0 unspecified atom stereocenters. The molecule has 2 N–H and O–H groups in total. The standard InChI is InChI=1S/C6H6O.C5H12N2/c7-6-4-2-1-3-5-6;1-7-4-2-6-3-5-7/h1-5,7H;6H,2-5H2,1H3. The summed E-state index contributed by atoms with van der Waals surface area (Å²) in [5, 5.41) is 11.9. The van der Waals surface area contributed by atoms with E-state index in [2.05, 4.69) is 17.3 Å². The van der Waals surface area contributed by atoms with Gasteiger partial charge in [-0.1, -0.05) is 18.2 Å². The zero-order valence-electron chi connectivity index (χ0n) is 8.61. The van der Waals surface area contributed by atoms with E-state index >= 15 is 0 Å². The minimum absolute atomic E-state index is 0.322. The lowest BCUT2D eigenvalue weighted by Gasteiger charge is -2.21. The summed E-state index contributed by atoms with van der Waals surface area (Å²) in [6.07, 6.45) is 0. The molecule has 1 fully saturated rings. The second-order valence-electron chi connectivity index (χ2n) is 3.39. The largest absolute Gasteiger partial charge is 0.508 e. The Labute approximate surface area is 85.4 Å². The Balaban J connectivity index is 0.000000140. The number of phenols is 1. The van der Waals surface area contributed by atoms with E-state index in [1.165, 1.54) is 13.1 Å². The maximum atomic E-state index is 8.63. The fourth-order valence-corrected chi connectivity index (χ4v) is 1.20. The van der Waals surface area contributed by atoms with Gasteiger partial charge in [-0.05, 0) is 19.2 Å². The van der Waals surface area contributed by atoms with Crippen LogP contribution in [0.3, 0.4) is 0 Å². The molecular formula is C11H18N2O. The lowest BCUT2D eigenvalue weighted by atomic mass is 10.3. The molecule has 0 bridgehead atoms. The Bertz CT molecular complexity index is 232. The van der Waals surface area contributed by atoms with Crippen LogP contribution in [0.4, 0.5) is 0 Å². The number of para-hydroxylation sites is 1. The van der Waals surface area contributed by atoms with Gasteiger partial charge in [0.2, 0.25) is 0 Å². The fourth-order valence-electron chi connectivity index (χ4n) is 1.20. The Morgan fingerprint density at radius 1 is 1.14 bits per heavy atom. The summed E-state index contributed by atoms with van der Waals surface area (Å²) < 4.78 is 0. The van der Waals surface area contributed by atoms with E-state index in [1.807, 2.05) is 6.07 Å². The molecule has 3 nitrogen and oxygen atoms in total. The molecule has 0 aliphatic carbocycles. The van der Waals surface area contributed by atoms with E-state index in [-0.39, 0.29) is 0 Å². The van der Waals surface area contributed by atoms with Crippen LogP contribution in [0.5, 0.6) is 5.75 Å². The summed E-state index contributed by atoms with van der Waals surface area (Å²) in [5.74, 6) is 0.322. The van der Waals surface area contributed by atoms with Crippen LogP contribution < -0.4 is 5.32 Å². The van der Waals surface area contributed by atoms with Gasteiger partial charge in [0.1, 0.15) is 5.75 Å². The third kappa shape index (κ3) is 4.84. The van der Waals surface area contributed by atoms with Crippen LogP contribution in [0, 0.1) is 0 Å². The van der Waals surface area contributed by atoms with Crippen molar-refractivity contribution in [3.8, 4) is 5.75 Å². The third-order valence-corrected chi connectivity index (χ3v) is 2.10. The quantitative estimate of drug-likeness (QED) is 0.644. The van der Waals surface area contributed by atoms with Crippen molar-refractivity contribution < 1.29 is 5.11 Å². The molecule has 0 amide bonds. The molecule has 2 rings (SSSR count). The molecule has 0 aromatic heterocycles. The number of nitrogens with zero attached hydrogens (tertiary/aromatic N) is 1. The van der Waals surface area contributed by atoms with Crippen molar-refractivity contribution in [2.75, 3.05) is 33.2 Å². The molecule has 0 saturated carbocycles. The van der Waals surface area contributed by atoms with Gasteiger partial charge in [-0.2, -0.15) is 0 Å². The second-order valence-corrected chi connectivity index (χ2v) is 3.39. The lowest BCUT2D eigenvalue weighted by Crippen LogP contribution is -2.40. The molecule has 14 heavy (non-hydrogen) atoms. The highest BCUT2D eigenvalue weighted by Gasteiger charge is 2.01. The van der Waals surface area contributed by atoms with E-state index in [0.717, 1.165) is 13.1 Å². The van der Waals surface area contributed by atoms with Gasteiger partial charge in [-0.3, -0.25) is 0 Å². The minimum Gasteiger partial charge on any atom is -0.508 e. The fraction of sp³-hybridized carbons (Fsp3) is 0.455. The summed E-state index contributed by atoms with van der Waals surface area (Å²) in [7, 11) is 2.15. The maximum absolute atomic E-state index is 8.63. The van der Waals surface area contributed by atoms with E-state index in [1.54, 1.807) is 24.3 Å². The Kier molecular flexibility index (Phi) is 5.04. The van der Waals surface area contributed by atoms with Crippen LogP contribution in [-0.4, -0.2) is 43.2 Å². The third-order valence-electron chi connectivity index (χ3n) is 2.10. The highest BCUT2D eigenvalue weighted by atomic mass is 16.3. The van der Waals surface area contributed by atoms with Crippen molar-refractivity contribution in [3.05, 3.63) is 30.3 Å². The lowest BCUT2D eigenvalue weighted by molar-refractivity contribution is 0.291. The highest BCUT2D eigenvalue weighted by Crippen LogP contribution is 2.02. The molecule has 78 valence electrons. The van der Waals surface area contributed by atoms with Gasteiger partial charge >= 0.3 is 0 Å². The summed E-state index contributed by atoms with van der Waals surface area (Å²) in [6, 6.07) is 8.71. The Morgan fingerprint density at radius 2 is 1.71 bits per heavy atom. The normalized spacial score (nSPS) is 16.9. The van der Waals surface area contributed by atoms with Gasteiger partial charge < -0.3 is 15.3 Å². The molecule has 3 heteroatoms. The molecule has 1 aliphatic heterocycles. The van der Waals surface area contributed by atoms with Crippen molar-refractivity contribution in [3.63, 3.8) is 0 Å². The minimum atomic E-state index is 0.322. The van der Waals surface area contributed by atoms with Gasteiger partial charge in [-0.15, -0.1) is 0 Å². The van der Waals surface area contributed by atoms with E-state index in [9.17, 15) is 0 Å². The van der Waals surface area contributed by atoms with Crippen molar-refractivity contribution in [2.24, 2.45) is 0 Å². The molecule has 1 heterocycles. The van der Waals surface area contributed by atoms with Crippen LogP contribution in [0.1, 0.15) is 0 Å². The average Bonchev–Trinajstić information content (AvgIpc) is 2.21. The van der Waals surface area contributed by atoms with E-state index in [4.69, 9.17) is 5.11 Å². The number of hydrogen-bond acceptors (Lipinski definition) is 3. The number of rotatable bonds is 0. The van der Waals surface area contributed by atoms with Crippen molar-refractivity contribution in [1.29, 1.82) is 0 Å². The summed E-state index contributed by atoms with van der Waals surface area (Å²) >= 11 is 0. The molecule has 1 aromatic carbocycles. The van der Waals surface area contributed by atoms with Gasteiger partial charge in [0.05, 0.1) is 0 Å². The number of piperazine rings is 1. The molecule has 1 aliphatic rings. The molecule has 0 atom stereocenters. The van der Waals surface area contributed by atoms with E-state index < -0.39 is 0 Å². The van der Waals surface area contributed by atoms with Crippen LogP contribution in [0.2, 0.25) is 0 Å². The van der Waals surface area contributed by atoms with Gasteiger partial charge in [-0.25, -0.2) is 0 Å². The molecular weight excluding hydrogens is 176 g/mol. The predicted octanol–water partition coefficient (Wildman–Crippen LogP) is 0.914. The smallest absolute Gasteiger partial charge is 0.115 e. The van der Waals surface area contributed by atoms with Crippen LogP contribution in [0.25, 0.3) is 0 Å². The number of hydrogen-bond donors (Lipinski definition) is 2. The zero-order chi connectivity index (χ0) is 10.2. The van der Waals surface area contributed by atoms with Crippen molar-refractivity contribution >= 4 is 0 Å². The SMILES string of the molecule is CN1CCNCC1.Oc1ccccc1. The first-order chi connectivity index (χ1) is 6.79. The summed E-state index contributed by atoms with van der Waals surface area (Å²) in [6.45, 7) is 4.74. The van der Waals surface area contributed by atoms with Gasteiger partial charge in [0.15, 0.2) is 0 Å². The zero-order valence-corrected chi connectivity index (χ0v) is 8.61. The van der Waals surface area contributed by atoms with E-state index in [0.29, 0.717) is 5.75 Å². The van der Waals surface area contributed by atoms with Crippen LogP contribution in [-0.2, 0) is 0 Å².